The molecule has 41 heavy (non-hydrogen) atoms. The molecule has 10 heteroatoms. The van der Waals surface area contributed by atoms with Gasteiger partial charge in [0.1, 0.15) is 11.8 Å². The molecule has 4 rings (SSSR count). The molecule has 0 aliphatic carbocycles. The Balaban J connectivity index is 1.51. The number of aromatic nitrogens is 2. The lowest BCUT2D eigenvalue weighted by atomic mass is 10.0. The third-order valence-corrected chi connectivity index (χ3v) is 7.50. The number of likely N-dealkylation sites (tertiary alicyclic amines) is 1. The normalized spacial score (nSPS) is 16.2. The predicted octanol–water partition coefficient (Wildman–Crippen LogP) is 2.46. The van der Waals surface area contributed by atoms with E-state index in [0.717, 1.165) is 23.4 Å². The van der Waals surface area contributed by atoms with E-state index in [2.05, 4.69) is 10.3 Å². The fraction of sp³-hybridized carbons (Fsp3) is 0.419. The summed E-state index contributed by atoms with van der Waals surface area (Å²) in [5.74, 6) is 0.152. The summed E-state index contributed by atoms with van der Waals surface area (Å²) in [5.41, 5.74) is 8.79. The van der Waals surface area contributed by atoms with Gasteiger partial charge >= 0.3 is 0 Å². The van der Waals surface area contributed by atoms with Crippen LogP contribution in [-0.2, 0) is 34.3 Å². The molecule has 1 fully saturated rings. The lowest BCUT2D eigenvalue weighted by molar-refractivity contribution is -0.136. The highest BCUT2D eigenvalue weighted by atomic mass is 16.5. The van der Waals surface area contributed by atoms with Crippen molar-refractivity contribution in [2.24, 2.45) is 12.8 Å². The molecule has 218 valence electrons. The van der Waals surface area contributed by atoms with Gasteiger partial charge in [-0.25, -0.2) is 4.98 Å². The van der Waals surface area contributed by atoms with Crippen LogP contribution in [0.15, 0.2) is 67.1 Å². The fourth-order valence-electron chi connectivity index (χ4n) is 5.23. The van der Waals surface area contributed by atoms with Crippen molar-refractivity contribution >= 4 is 23.4 Å². The number of nitrogens with zero attached hydrogens (tertiary/aromatic N) is 4. The average molecular weight is 561 g/mol. The van der Waals surface area contributed by atoms with Gasteiger partial charge in [-0.3, -0.25) is 14.4 Å². The monoisotopic (exact) mass is 560 g/mol. The standard InChI is InChI=1S/C31H40N6O4/c1-4-8-29(38)37(23-9-6-5-7-10-23)24-15-16-36(20-24)31(40)28(17-22-11-13-26(41-3)14-12-22)34-30(39)27(32)18-25-19-33-21-35(25)2/h5-7,9-14,19,21,24,27-28H,4,8,15-18,20,32H2,1-3H3,(H,34,39). The summed E-state index contributed by atoms with van der Waals surface area (Å²) in [4.78, 5) is 48.0. The molecule has 1 aromatic heterocycles. The van der Waals surface area contributed by atoms with Crippen LogP contribution in [0.3, 0.4) is 0 Å². The van der Waals surface area contributed by atoms with Crippen LogP contribution in [0.4, 0.5) is 5.69 Å². The number of nitrogens with one attached hydrogen (secondary N) is 1. The van der Waals surface area contributed by atoms with Gasteiger partial charge in [0.05, 0.1) is 25.5 Å². The molecular formula is C31H40N6O4. The van der Waals surface area contributed by atoms with Crippen LogP contribution in [0.2, 0.25) is 0 Å². The van der Waals surface area contributed by atoms with E-state index in [0.29, 0.717) is 44.5 Å². The number of para-hydroxylation sites is 1. The minimum absolute atomic E-state index is 0.0437. The SMILES string of the molecule is CCCC(=O)N(c1ccccc1)C1CCN(C(=O)C(Cc2ccc(OC)cc2)NC(=O)C(N)Cc2cncn2C)C1. The molecule has 0 bridgehead atoms. The van der Waals surface area contributed by atoms with Gasteiger partial charge in [-0.15, -0.1) is 0 Å². The van der Waals surface area contributed by atoms with Gasteiger partial charge in [-0.1, -0.05) is 37.3 Å². The van der Waals surface area contributed by atoms with Crippen LogP contribution >= 0.6 is 0 Å². The molecule has 1 aliphatic heterocycles. The summed E-state index contributed by atoms with van der Waals surface area (Å²) in [6.07, 6.45) is 5.75. The second-order valence-corrected chi connectivity index (χ2v) is 10.5. The molecule has 2 aromatic carbocycles. The second kappa shape index (κ2) is 13.9. The van der Waals surface area contributed by atoms with Crippen molar-refractivity contribution in [3.8, 4) is 5.75 Å². The lowest BCUT2D eigenvalue weighted by Crippen LogP contribution is -2.54. The number of nitrogens with two attached hydrogens (primary N) is 1. The molecule has 1 saturated heterocycles. The van der Waals surface area contributed by atoms with Crippen LogP contribution in [0.25, 0.3) is 0 Å². The first-order chi connectivity index (χ1) is 19.8. The van der Waals surface area contributed by atoms with Crippen molar-refractivity contribution in [3.05, 3.63) is 78.4 Å². The van der Waals surface area contributed by atoms with E-state index >= 15 is 0 Å². The lowest BCUT2D eigenvalue weighted by Gasteiger charge is -2.30. The highest BCUT2D eigenvalue weighted by Gasteiger charge is 2.36. The maximum atomic E-state index is 13.9. The number of methoxy groups -OCH3 is 1. The number of aryl methyl sites for hydroxylation is 1. The zero-order valence-electron chi connectivity index (χ0n) is 24.0. The van der Waals surface area contributed by atoms with E-state index in [1.54, 1.807) is 24.5 Å². The van der Waals surface area contributed by atoms with Crippen LogP contribution in [-0.4, -0.2) is 70.5 Å². The average Bonchev–Trinajstić information content (AvgIpc) is 3.62. The fourth-order valence-corrected chi connectivity index (χ4v) is 5.23. The first kappa shape index (κ1) is 29.8. The minimum Gasteiger partial charge on any atom is -0.497 e. The van der Waals surface area contributed by atoms with Gasteiger partial charge in [-0.05, 0) is 42.7 Å². The quantitative estimate of drug-likeness (QED) is 0.351. The molecule has 0 saturated carbocycles. The molecule has 3 unspecified atom stereocenters. The van der Waals surface area contributed by atoms with Gasteiger partial charge in [0, 0.05) is 57.0 Å². The van der Waals surface area contributed by atoms with Crippen molar-refractivity contribution in [2.75, 3.05) is 25.1 Å². The smallest absolute Gasteiger partial charge is 0.245 e. The summed E-state index contributed by atoms with van der Waals surface area (Å²) in [6.45, 7) is 2.86. The summed E-state index contributed by atoms with van der Waals surface area (Å²) < 4.78 is 7.08. The van der Waals surface area contributed by atoms with Crippen molar-refractivity contribution in [1.29, 1.82) is 0 Å². The van der Waals surface area contributed by atoms with Gasteiger partial charge in [0.2, 0.25) is 17.7 Å². The van der Waals surface area contributed by atoms with Crippen molar-refractivity contribution in [2.45, 2.75) is 57.2 Å². The maximum absolute atomic E-state index is 13.9. The zero-order valence-corrected chi connectivity index (χ0v) is 24.0. The molecule has 0 radical (unpaired) electrons. The third kappa shape index (κ3) is 7.52. The number of rotatable bonds is 12. The number of carbonyl (C=O) groups is 3. The van der Waals surface area contributed by atoms with Crippen molar-refractivity contribution in [3.63, 3.8) is 0 Å². The maximum Gasteiger partial charge on any atom is 0.245 e. The second-order valence-electron chi connectivity index (χ2n) is 10.5. The zero-order chi connectivity index (χ0) is 29.4. The summed E-state index contributed by atoms with van der Waals surface area (Å²) >= 11 is 0. The minimum atomic E-state index is -0.844. The highest BCUT2D eigenvalue weighted by molar-refractivity contribution is 5.94. The molecule has 1 aliphatic rings. The first-order valence-corrected chi connectivity index (χ1v) is 14.1. The third-order valence-electron chi connectivity index (χ3n) is 7.50. The first-order valence-electron chi connectivity index (χ1n) is 14.1. The van der Waals surface area contributed by atoms with Crippen LogP contribution in [0, 0.1) is 0 Å². The molecular weight excluding hydrogens is 520 g/mol. The Morgan fingerprint density at radius 1 is 1.12 bits per heavy atom. The van der Waals surface area contributed by atoms with Gasteiger partial charge < -0.3 is 30.2 Å². The summed E-state index contributed by atoms with van der Waals surface area (Å²) in [7, 11) is 3.44. The molecule has 2 heterocycles. The van der Waals surface area contributed by atoms with E-state index in [9.17, 15) is 14.4 Å². The Morgan fingerprint density at radius 3 is 2.49 bits per heavy atom. The van der Waals surface area contributed by atoms with Crippen LogP contribution in [0.1, 0.15) is 37.4 Å². The summed E-state index contributed by atoms with van der Waals surface area (Å²) in [5, 5.41) is 2.92. The Hall–Kier alpha value is -4.18. The number of imidazole rings is 1. The van der Waals surface area contributed by atoms with Crippen molar-refractivity contribution in [1.82, 2.24) is 19.8 Å². The largest absolute Gasteiger partial charge is 0.497 e. The number of amides is 3. The van der Waals surface area contributed by atoms with E-state index < -0.39 is 18.0 Å². The van der Waals surface area contributed by atoms with E-state index in [-0.39, 0.29) is 17.9 Å². The molecule has 3 N–H and O–H groups in total. The topological polar surface area (TPSA) is 123 Å². The molecule has 10 nitrogen and oxygen atoms in total. The van der Waals surface area contributed by atoms with Gasteiger partial charge in [0.15, 0.2) is 0 Å². The number of hydrogen-bond donors (Lipinski definition) is 2. The van der Waals surface area contributed by atoms with E-state index in [1.165, 1.54) is 0 Å². The van der Waals surface area contributed by atoms with Crippen molar-refractivity contribution < 1.29 is 19.1 Å². The van der Waals surface area contributed by atoms with Crippen LogP contribution in [0.5, 0.6) is 5.75 Å². The molecule has 3 aromatic rings. The Morgan fingerprint density at radius 2 is 1.85 bits per heavy atom. The Kier molecular flexibility index (Phi) is 10.1. The van der Waals surface area contributed by atoms with E-state index in [1.807, 2.05) is 78.0 Å². The Labute approximate surface area is 241 Å². The predicted molar refractivity (Wildman–Crippen MR) is 157 cm³/mol. The molecule has 0 spiro atoms. The number of benzene rings is 2. The van der Waals surface area contributed by atoms with Gasteiger partial charge in [-0.2, -0.15) is 0 Å². The van der Waals surface area contributed by atoms with Gasteiger partial charge in [0.25, 0.3) is 0 Å². The number of carbonyl (C=O) groups excluding carboxylic acids is 3. The molecule has 3 amide bonds. The van der Waals surface area contributed by atoms with E-state index in [4.69, 9.17) is 10.5 Å². The number of hydrogen-bond acceptors (Lipinski definition) is 6. The van der Waals surface area contributed by atoms with Crippen LogP contribution < -0.4 is 20.7 Å². The highest BCUT2D eigenvalue weighted by Crippen LogP contribution is 2.25. The summed E-state index contributed by atoms with van der Waals surface area (Å²) in [6, 6.07) is 15.2. The molecule has 3 atom stereocenters. The number of anilines is 1. The number of ether oxygens (including phenoxy) is 1. The Bertz CT molecular complexity index is 1310.